The molecule has 5 rings (SSSR count). The van der Waals surface area contributed by atoms with E-state index in [0.29, 0.717) is 6.54 Å². The number of H-pyrrole nitrogens is 1. The van der Waals surface area contributed by atoms with Gasteiger partial charge in [0.15, 0.2) is 0 Å². The van der Waals surface area contributed by atoms with Crippen LogP contribution in [0.3, 0.4) is 0 Å². The number of primary amides is 1. The number of rotatable bonds is 5. The number of nitrogens with zero attached hydrogens (tertiary/aromatic N) is 1. The van der Waals surface area contributed by atoms with Gasteiger partial charge in [-0.05, 0) is 41.3 Å². The fraction of sp³-hybridized carbons (Fsp3) is 0.125. The number of anilines is 3. The lowest BCUT2D eigenvalue weighted by Gasteiger charge is -2.37. The fourth-order valence-corrected chi connectivity index (χ4v) is 3.87. The van der Waals surface area contributed by atoms with Gasteiger partial charge in [0.1, 0.15) is 18.4 Å². The van der Waals surface area contributed by atoms with E-state index in [-0.39, 0.29) is 6.61 Å². The fourth-order valence-electron chi connectivity index (χ4n) is 3.87. The van der Waals surface area contributed by atoms with Gasteiger partial charge >= 0.3 is 0 Å². The highest BCUT2D eigenvalue weighted by Gasteiger charge is 2.31. The highest BCUT2D eigenvalue weighted by molar-refractivity contribution is 5.87. The molecule has 0 spiro atoms. The van der Waals surface area contributed by atoms with E-state index in [2.05, 4.69) is 22.4 Å². The Morgan fingerprint density at radius 2 is 1.87 bits per heavy atom. The lowest BCUT2D eigenvalue weighted by atomic mass is 10.1. The normalized spacial score (nSPS) is 15.5. The smallest absolute Gasteiger partial charge is 0.243 e. The molecule has 4 N–H and O–H groups in total. The van der Waals surface area contributed by atoms with Gasteiger partial charge in [-0.3, -0.25) is 4.79 Å². The summed E-state index contributed by atoms with van der Waals surface area (Å²) in [6.45, 7) is 0.814. The molecule has 6 heteroatoms. The summed E-state index contributed by atoms with van der Waals surface area (Å²) in [6.07, 6.45) is 1.93. The van der Waals surface area contributed by atoms with Crippen molar-refractivity contribution in [3.8, 4) is 5.75 Å². The Labute approximate surface area is 174 Å². The van der Waals surface area contributed by atoms with E-state index in [1.54, 1.807) is 0 Å². The van der Waals surface area contributed by atoms with Crippen molar-refractivity contribution in [2.24, 2.45) is 5.73 Å². The Kier molecular flexibility index (Phi) is 4.52. The predicted molar refractivity (Wildman–Crippen MR) is 119 cm³/mol. The van der Waals surface area contributed by atoms with Crippen LogP contribution in [-0.4, -0.2) is 23.5 Å². The van der Waals surface area contributed by atoms with Crippen molar-refractivity contribution >= 4 is 33.9 Å². The van der Waals surface area contributed by atoms with Gasteiger partial charge in [0.05, 0.1) is 5.69 Å². The maximum atomic E-state index is 12.0. The summed E-state index contributed by atoms with van der Waals surface area (Å²) in [7, 11) is 0. The van der Waals surface area contributed by atoms with E-state index in [4.69, 9.17) is 10.5 Å². The van der Waals surface area contributed by atoms with Crippen molar-refractivity contribution in [2.75, 3.05) is 16.8 Å². The molecule has 150 valence electrons. The molecule has 0 fully saturated rings. The standard InChI is InChI=1S/C24H22N4O2/c25-24(29)22-15-30-23-13-19(27-18-7-6-17-10-11-26-20(17)12-18)8-9-21(23)28(22)14-16-4-2-1-3-5-16/h1-13,22,26-27H,14-15H2,(H2,25,29). The predicted octanol–water partition coefficient (Wildman–Crippen LogP) is 4.16. The number of benzene rings is 3. The second-order valence-corrected chi connectivity index (χ2v) is 7.43. The molecular weight excluding hydrogens is 376 g/mol. The number of aromatic nitrogens is 1. The van der Waals surface area contributed by atoms with Crippen LogP contribution in [0.2, 0.25) is 0 Å². The van der Waals surface area contributed by atoms with Crippen molar-refractivity contribution in [3.63, 3.8) is 0 Å². The summed E-state index contributed by atoms with van der Waals surface area (Å²) in [6, 6.07) is 23.7. The van der Waals surface area contributed by atoms with Crippen LogP contribution in [0.1, 0.15) is 5.56 Å². The molecule has 1 aliphatic rings. The summed E-state index contributed by atoms with van der Waals surface area (Å²) in [5.74, 6) is 0.340. The average molecular weight is 398 g/mol. The third-order valence-corrected chi connectivity index (χ3v) is 5.41. The van der Waals surface area contributed by atoms with Gasteiger partial charge in [0.25, 0.3) is 0 Å². The maximum absolute atomic E-state index is 12.0. The Hall–Kier alpha value is -3.93. The highest BCUT2D eigenvalue weighted by atomic mass is 16.5. The summed E-state index contributed by atoms with van der Waals surface area (Å²) in [4.78, 5) is 17.3. The third kappa shape index (κ3) is 3.43. The van der Waals surface area contributed by atoms with Crippen LogP contribution in [0.4, 0.5) is 17.1 Å². The second kappa shape index (κ2) is 7.48. The van der Waals surface area contributed by atoms with Gasteiger partial charge in [-0.15, -0.1) is 0 Å². The average Bonchev–Trinajstić information content (AvgIpc) is 3.22. The lowest BCUT2D eigenvalue weighted by Crippen LogP contribution is -2.50. The van der Waals surface area contributed by atoms with E-state index < -0.39 is 11.9 Å². The number of nitrogens with one attached hydrogen (secondary N) is 2. The minimum absolute atomic E-state index is 0.229. The molecule has 0 aliphatic carbocycles. The number of fused-ring (bicyclic) bond motifs is 2. The number of nitrogens with two attached hydrogens (primary N) is 1. The van der Waals surface area contributed by atoms with Crippen LogP contribution in [-0.2, 0) is 11.3 Å². The van der Waals surface area contributed by atoms with E-state index in [0.717, 1.165) is 33.9 Å². The number of ether oxygens (including phenoxy) is 1. The molecule has 0 bridgehead atoms. The molecule has 3 aromatic carbocycles. The minimum Gasteiger partial charge on any atom is -0.489 e. The van der Waals surface area contributed by atoms with Crippen LogP contribution in [0.15, 0.2) is 79.0 Å². The summed E-state index contributed by atoms with van der Waals surface area (Å²) < 4.78 is 5.91. The van der Waals surface area contributed by atoms with Gasteiger partial charge in [-0.1, -0.05) is 36.4 Å². The molecule has 1 aliphatic heterocycles. The Balaban J connectivity index is 1.44. The summed E-state index contributed by atoms with van der Waals surface area (Å²) in [5.41, 5.74) is 10.6. The second-order valence-electron chi connectivity index (χ2n) is 7.43. The molecule has 1 aromatic heterocycles. The van der Waals surface area contributed by atoms with Crippen LogP contribution >= 0.6 is 0 Å². The van der Waals surface area contributed by atoms with E-state index >= 15 is 0 Å². The van der Waals surface area contributed by atoms with Crippen molar-refractivity contribution in [3.05, 3.63) is 84.6 Å². The largest absolute Gasteiger partial charge is 0.489 e. The topological polar surface area (TPSA) is 83.4 Å². The number of aromatic amines is 1. The maximum Gasteiger partial charge on any atom is 0.243 e. The third-order valence-electron chi connectivity index (χ3n) is 5.41. The summed E-state index contributed by atoms with van der Waals surface area (Å²) in [5, 5.41) is 4.59. The van der Waals surface area contributed by atoms with Crippen molar-refractivity contribution in [1.29, 1.82) is 0 Å². The van der Waals surface area contributed by atoms with E-state index in [1.807, 2.05) is 71.8 Å². The van der Waals surface area contributed by atoms with Gasteiger partial charge in [-0.2, -0.15) is 0 Å². The molecule has 4 aromatic rings. The van der Waals surface area contributed by atoms with E-state index in [9.17, 15) is 4.79 Å². The molecular formula is C24H22N4O2. The molecule has 1 atom stereocenters. The van der Waals surface area contributed by atoms with Crippen molar-refractivity contribution in [1.82, 2.24) is 4.98 Å². The minimum atomic E-state index is -0.508. The number of hydrogen-bond donors (Lipinski definition) is 3. The molecule has 2 heterocycles. The van der Waals surface area contributed by atoms with Gasteiger partial charge in [0, 0.05) is 35.7 Å². The molecule has 0 saturated heterocycles. The van der Waals surface area contributed by atoms with Crippen LogP contribution < -0.4 is 20.7 Å². The zero-order valence-corrected chi connectivity index (χ0v) is 16.3. The van der Waals surface area contributed by atoms with Crippen LogP contribution in [0.25, 0.3) is 10.9 Å². The number of amides is 1. The lowest BCUT2D eigenvalue weighted by molar-refractivity contribution is -0.120. The zero-order valence-electron chi connectivity index (χ0n) is 16.3. The molecule has 6 nitrogen and oxygen atoms in total. The zero-order chi connectivity index (χ0) is 20.5. The molecule has 0 radical (unpaired) electrons. The monoisotopic (exact) mass is 398 g/mol. The molecule has 30 heavy (non-hydrogen) atoms. The first-order valence-electron chi connectivity index (χ1n) is 9.88. The SMILES string of the molecule is NC(=O)C1COc2cc(Nc3ccc4cc[nH]c4c3)ccc2N1Cc1ccccc1. The van der Waals surface area contributed by atoms with Crippen LogP contribution in [0.5, 0.6) is 5.75 Å². The van der Waals surface area contributed by atoms with Crippen molar-refractivity contribution in [2.45, 2.75) is 12.6 Å². The molecule has 1 unspecified atom stereocenters. The quantitative estimate of drug-likeness (QED) is 0.471. The first kappa shape index (κ1) is 18.1. The number of carbonyl (C=O) groups excluding carboxylic acids is 1. The van der Waals surface area contributed by atoms with Crippen molar-refractivity contribution < 1.29 is 9.53 Å². The highest BCUT2D eigenvalue weighted by Crippen LogP contribution is 2.38. The first-order chi connectivity index (χ1) is 14.7. The number of hydrogen-bond acceptors (Lipinski definition) is 4. The van der Waals surface area contributed by atoms with Gasteiger partial charge < -0.3 is 25.7 Å². The Morgan fingerprint density at radius 3 is 2.70 bits per heavy atom. The Morgan fingerprint density at radius 1 is 1.07 bits per heavy atom. The van der Waals surface area contributed by atoms with E-state index in [1.165, 1.54) is 5.39 Å². The Bertz CT molecular complexity index is 1200. The first-order valence-corrected chi connectivity index (χ1v) is 9.88. The molecule has 1 amide bonds. The molecule has 0 saturated carbocycles. The van der Waals surface area contributed by atoms with Gasteiger partial charge in [-0.25, -0.2) is 0 Å². The number of carbonyl (C=O) groups is 1. The summed E-state index contributed by atoms with van der Waals surface area (Å²) >= 11 is 0. The van der Waals surface area contributed by atoms with Gasteiger partial charge in [0.2, 0.25) is 5.91 Å². The van der Waals surface area contributed by atoms with Crippen LogP contribution in [0, 0.1) is 0 Å².